The third-order valence-corrected chi connectivity index (χ3v) is 3.44. The molecule has 0 unspecified atom stereocenters. The Morgan fingerprint density at radius 2 is 1.86 bits per heavy atom. The SMILES string of the molecule is Cc1cc(NC(=O)[C@@H](N)Cc2ccccc2)c(C)cc1O. The number of anilines is 1. The number of carbonyl (C=O) groups excluding carboxylic acids is 1. The summed E-state index contributed by atoms with van der Waals surface area (Å²) in [7, 11) is 0. The minimum atomic E-state index is -0.610. The van der Waals surface area contributed by atoms with Gasteiger partial charge >= 0.3 is 0 Å². The number of phenolic OH excluding ortho intramolecular Hbond substituents is 1. The van der Waals surface area contributed by atoms with E-state index in [1.54, 1.807) is 19.1 Å². The molecule has 0 fully saturated rings. The van der Waals surface area contributed by atoms with Crippen molar-refractivity contribution in [1.29, 1.82) is 0 Å². The summed E-state index contributed by atoms with van der Waals surface area (Å²) in [5.41, 5.74) is 9.18. The molecular weight excluding hydrogens is 264 g/mol. The molecule has 0 saturated carbocycles. The molecular formula is C17H20N2O2. The highest BCUT2D eigenvalue weighted by atomic mass is 16.3. The maximum atomic E-state index is 12.2. The van der Waals surface area contributed by atoms with Crippen molar-refractivity contribution in [3.05, 3.63) is 59.2 Å². The van der Waals surface area contributed by atoms with Gasteiger partial charge in [-0.3, -0.25) is 4.79 Å². The molecule has 0 radical (unpaired) electrons. The van der Waals surface area contributed by atoms with Gasteiger partial charge in [0.2, 0.25) is 5.91 Å². The second-order valence-electron chi connectivity index (χ2n) is 5.24. The van der Waals surface area contributed by atoms with Crippen LogP contribution in [0, 0.1) is 13.8 Å². The molecule has 2 aromatic carbocycles. The van der Waals surface area contributed by atoms with Crippen LogP contribution in [0.2, 0.25) is 0 Å². The number of hydrogen-bond acceptors (Lipinski definition) is 3. The monoisotopic (exact) mass is 284 g/mol. The summed E-state index contributed by atoms with van der Waals surface area (Å²) < 4.78 is 0. The third-order valence-electron chi connectivity index (χ3n) is 3.44. The molecule has 0 heterocycles. The quantitative estimate of drug-likeness (QED) is 0.755. The molecule has 1 atom stereocenters. The van der Waals surface area contributed by atoms with Gasteiger partial charge in [0, 0.05) is 5.69 Å². The summed E-state index contributed by atoms with van der Waals surface area (Å²) in [6, 6.07) is 12.4. The predicted octanol–water partition coefficient (Wildman–Crippen LogP) is 2.52. The standard InChI is InChI=1S/C17H20N2O2/c1-11-9-16(20)12(2)8-15(11)19-17(21)14(18)10-13-6-4-3-5-7-13/h3-9,14,20H,10,18H2,1-2H3,(H,19,21)/t14-/m0/s1. The molecule has 4 N–H and O–H groups in total. The first-order valence-electron chi connectivity index (χ1n) is 6.88. The molecule has 0 aliphatic rings. The summed E-state index contributed by atoms with van der Waals surface area (Å²) in [5, 5.41) is 12.4. The molecule has 110 valence electrons. The maximum Gasteiger partial charge on any atom is 0.241 e. The first kappa shape index (κ1) is 15.1. The van der Waals surface area contributed by atoms with E-state index >= 15 is 0 Å². The van der Waals surface area contributed by atoms with Gasteiger partial charge in [-0.05, 0) is 49.1 Å². The molecule has 0 aromatic heterocycles. The second kappa shape index (κ2) is 6.41. The Morgan fingerprint density at radius 1 is 1.19 bits per heavy atom. The lowest BCUT2D eigenvalue weighted by Crippen LogP contribution is -2.37. The lowest BCUT2D eigenvalue weighted by molar-refractivity contribution is -0.117. The summed E-state index contributed by atoms with van der Waals surface area (Å²) in [4.78, 5) is 12.2. The summed E-state index contributed by atoms with van der Waals surface area (Å²) in [5.74, 6) is -0.00822. The Labute approximate surface area is 124 Å². The van der Waals surface area contributed by atoms with E-state index in [2.05, 4.69) is 5.32 Å². The van der Waals surface area contributed by atoms with Crippen LogP contribution in [0.1, 0.15) is 16.7 Å². The van der Waals surface area contributed by atoms with Gasteiger partial charge in [-0.25, -0.2) is 0 Å². The summed E-state index contributed by atoms with van der Waals surface area (Å²) >= 11 is 0. The molecule has 0 aliphatic carbocycles. The second-order valence-corrected chi connectivity index (χ2v) is 5.24. The van der Waals surface area contributed by atoms with Crippen LogP contribution >= 0.6 is 0 Å². The van der Waals surface area contributed by atoms with Crippen molar-refractivity contribution in [1.82, 2.24) is 0 Å². The normalized spacial score (nSPS) is 12.0. The van der Waals surface area contributed by atoms with Crippen molar-refractivity contribution in [3.8, 4) is 5.75 Å². The maximum absolute atomic E-state index is 12.2. The zero-order valence-electron chi connectivity index (χ0n) is 12.3. The summed E-state index contributed by atoms with van der Waals surface area (Å²) in [6.45, 7) is 3.62. The van der Waals surface area contributed by atoms with Crippen molar-refractivity contribution < 1.29 is 9.90 Å². The van der Waals surface area contributed by atoms with Gasteiger partial charge in [0.05, 0.1) is 6.04 Å². The number of nitrogens with one attached hydrogen (secondary N) is 1. The van der Waals surface area contributed by atoms with E-state index in [0.717, 1.165) is 11.1 Å². The Morgan fingerprint density at radius 3 is 2.52 bits per heavy atom. The highest BCUT2D eigenvalue weighted by Crippen LogP contribution is 2.25. The van der Waals surface area contributed by atoms with Crippen LogP contribution in [-0.2, 0) is 11.2 Å². The first-order valence-corrected chi connectivity index (χ1v) is 6.88. The third kappa shape index (κ3) is 3.83. The van der Waals surface area contributed by atoms with E-state index in [0.29, 0.717) is 17.7 Å². The highest BCUT2D eigenvalue weighted by Gasteiger charge is 2.15. The molecule has 0 bridgehead atoms. The van der Waals surface area contributed by atoms with Crippen LogP contribution in [0.15, 0.2) is 42.5 Å². The largest absolute Gasteiger partial charge is 0.508 e. The fraction of sp³-hybridized carbons (Fsp3) is 0.235. The summed E-state index contributed by atoms with van der Waals surface area (Å²) in [6.07, 6.45) is 0.489. The van der Waals surface area contributed by atoms with Crippen molar-refractivity contribution >= 4 is 11.6 Å². The average Bonchev–Trinajstić information content (AvgIpc) is 2.45. The lowest BCUT2D eigenvalue weighted by Gasteiger charge is -2.15. The molecule has 4 heteroatoms. The minimum absolute atomic E-state index is 0.221. The Balaban J connectivity index is 2.06. The number of nitrogens with two attached hydrogens (primary N) is 1. The van der Waals surface area contributed by atoms with Gasteiger partial charge < -0.3 is 16.2 Å². The van der Waals surface area contributed by atoms with Crippen LogP contribution in [0.3, 0.4) is 0 Å². The zero-order valence-corrected chi connectivity index (χ0v) is 12.3. The van der Waals surface area contributed by atoms with Gasteiger partial charge in [0.15, 0.2) is 0 Å². The lowest BCUT2D eigenvalue weighted by atomic mass is 10.1. The number of phenols is 1. The fourth-order valence-corrected chi connectivity index (χ4v) is 2.12. The van der Waals surface area contributed by atoms with Crippen LogP contribution < -0.4 is 11.1 Å². The Hall–Kier alpha value is -2.33. The predicted molar refractivity (Wildman–Crippen MR) is 84.3 cm³/mol. The number of aryl methyl sites for hydroxylation is 2. The van der Waals surface area contributed by atoms with E-state index in [-0.39, 0.29) is 11.7 Å². The van der Waals surface area contributed by atoms with Crippen LogP contribution in [0.4, 0.5) is 5.69 Å². The van der Waals surface area contributed by atoms with Crippen LogP contribution in [-0.4, -0.2) is 17.1 Å². The van der Waals surface area contributed by atoms with Crippen LogP contribution in [0.25, 0.3) is 0 Å². The van der Waals surface area contributed by atoms with Gasteiger partial charge in [-0.2, -0.15) is 0 Å². The number of carbonyl (C=O) groups is 1. The fourth-order valence-electron chi connectivity index (χ4n) is 2.12. The van der Waals surface area contributed by atoms with E-state index in [9.17, 15) is 9.90 Å². The molecule has 0 saturated heterocycles. The van der Waals surface area contributed by atoms with E-state index in [1.165, 1.54) is 0 Å². The average molecular weight is 284 g/mol. The molecule has 0 spiro atoms. The number of rotatable bonds is 4. The molecule has 4 nitrogen and oxygen atoms in total. The van der Waals surface area contributed by atoms with E-state index in [4.69, 9.17) is 5.73 Å². The van der Waals surface area contributed by atoms with Crippen LogP contribution in [0.5, 0.6) is 5.75 Å². The number of amides is 1. The first-order chi connectivity index (χ1) is 9.97. The zero-order chi connectivity index (χ0) is 15.4. The van der Waals surface area contributed by atoms with E-state index in [1.807, 2.05) is 37.3 Å². The Kier molecular flexibility index (Phi) is 4.60. The minimum Gasteiger partial charge on any atom is -0.508 e. The molecule has 2 aromatic rings. The molecule has 1 amide bonds. The molecule has 21 heavy (non-hydrogen) atoms. The number of benzene rings is 2. The number of hydrogen-bond donors (Lipinski definition) is 3. The van der Waals surface area contributed by atoms with Crippen molar-refractivity contribution in [2.45, 2.75) is 26.3 Å². The molecule has 0 aliphatic heterocycles. The molecule has 2 rings (SSSR count). The number of aromatic hydroxyl groups is 1. The van der Waals surface area contributed by atoms with Crippen molar-refractivity contribution in [2.24, 2.45) is 5.73 Å². The van der Waals surface area contributed by atoms with Crippen molar-refractivity contribution in [2.75, 3.05) is 5.32 Å². The van der Waals surface area contributed by atoms with Gasteiger partial charge in [0.25, 0.3) is 0 Å². The highest BCUT2D eigenvalue weighted by molar-refractivity contribution is 5.95. The van der Waals surface area contributed by atoms with Gasteiger partial charge in [-0.15, -0.1) is 0 Å². The van der Waals surface area contributed by atoms with Crippen molar-refractivity contribution in [3.63, 3.8) is 0 Å². The smallest absolute Gasteiger partial charge is 0.241 e. The topological polar surface area (TPSA) is 75.4 Å². The van der Waals surface area contributed by atoms with Gasteiger partial charge in [0.1, 0.15) is 5.75 Å². The van der Waals surface area contributed by atoms with Gasteiger partial charge in [-0.1, -0.05) is 30.3 Å². The Bertz CT molecular complexity index is 639. The van der Waals surface area contributed by atoms with E-state index < -0.39 is 6.04 Å².